The molecule has 0 bridgehead atoms. The number of nitrogens with zero attached hydrogens (tertiary/aromatic N) is 1. The van der Waals surface area contributed by atoms with Gasteiger partial charge in [0, 0.05) is 25.5 Å². The van der Waals surface area contributed by atoms with Gasteiger partial charge in [-0.1, -0.05) is 13.0 Å². The van der Waals surface area contributed by atoms with Crippen LogP contribution in [-0.4, -0.2) is 19.8 Å². The second-order valence-corrected chi connectivity index (χ2v) is 2.57. The van der Waals surface area contributed by atoms with Gasteiger partial charge in [-0.15, -0.1) is 0 Å². The van der Waals surface area contributed by atoms with Crippen molar-refractivity contribution in [2.24, 2.45) is 4.99 Å². The average Bonchev–Trinajstić information content (AvgIpc) is 2.09. The molecule has 0 unspecified atom stereocenters. The smallest absolute Gasteiger partial charge is 0.0277 e. The van der Waals surface area contributed by atoms with Crippen LogP contribution >= 0.6 is 0 Å². The molecule has 0 aromatic heterocycles. The van der Waals surface area contributed by atoms with E-state index >= 15 is 0 Å². The van der Waals surface area contributed by atoms with Crippen molar-refractivity contribution in [3.63, 3.8) is 0 Å². The Morgan fingerprint density at radius 2 is 2.17 bits per heavy atom. The Hall–Kier alpha value is -1.05. The van der Waals surface area contributed by atoms with Crippen LogP contribution in [0.15, 0.2) is 28.9 Å². The molecule has 0 fully saturated rings. The molecule has 12 heavy (non-hydrogen) atoms. The maximum Gasteiger partial charge on any atom is 0.0277 e. The van der Waals surface area contributed by atoms with E-state index in [4.69, 9.17) is 0 Å². The SMILES string of the molecule is CCCNC(C)=CC=CC=NC. The van der Waals surface area contributed by atoms with Crippen LogP contribution in [0, 0.1) is 0 Å². The highest BCUT2D eigenvalue weighted by molar-refractivity contribution is 5.71. The normalized spacial score (nSPS) is 13.1. The first-order chi connectivity index (χ1) is 5.81. The summed E-state index contributed by atoms with van der Waals surface area (Å²) in [5.41, 5.74) is 1.19. The number of rotatable bonds is 5. The van der Waals surface area contributed by atoms with Gasteiger partial charge in [-0.05, 0) is 25.5 Å². The Morgan fingerprint density at radius 1 is 1.42 bits per heavy atom. The monoisotopic (exact) mass is 166 g/mol. The molecular weight excluding hydrogens is 148 g/mol. The lowest BCUT2D eigenvalue weighted by molar-refractivity contribution is 0.770. The van der Waals surface area contributed by atoms with Crippen LogP contribution in [0.4, 0.5) is 0 Å². The summed E-state index contributed by atoms with van der Waals surface area (Å²) in [6.07, 6.45) is 8.86. The van der Waals surface area contributed by atoms with Gasteiger partial charge in [0.1, 0.15) is 0 Å². The lowest BCUT2D eigenvalue weighted by atomic mass is 10.3. The summed E-state index contributed by atoms with van der Waals surface area (Å²) in [6, 6.07) is 0. The molecule has 68 valence electrons. The third kappa shape index (κ3) is 7.06. The number of nitrogens with one attached hydrogen (secondary N) is 1. The zero-order valence-electron chi connectivity index (χ0n) is 8.17. The molecule has 0 spiro atoms. The maximum atomic E-state index is 3.83. The maximum absolute atomic E-state index is 3.83. The predicted octanol–water partition coefficient (Wildman–Crippen LogP) is 2.15. The predicted molar refractivity (Wildman–Crippen MR) is 55.6 cm³/mol. The van der Waals surface area contributed by atoms with E-state index < -0.39 is 0 Å². The van der Waals surface area contributed by atoms with E-state index in [0.717, 1.165) is 13.0 Å². The number of allylic oxidation sites excluding steroid dienone is 4. The second kappa shape index (κ2) is 8.05. The van der Waals surface area contributed by atoms with Crippen molar-refractivity contribution < 1.29 is 0 Å². The van der Waals surface area contributed by atoms with Crippen LogP contribution in [-0.2, 0) is 0 Å². The third-order valence-electron chi connectivity index (χ3n) is 1.35. The topological polar surface area (TPSA) is 24.4 Å². The fourth-order valence-electron chi connectivity index (χ4n) is 0.717. The van der Waals surface area contributed by atoms with E-state index in [1.54, 1.807) is 13.3 Å². The quantitative estimate of drug-likeness (QED) is 0.491. The second-order valence-electron chi connectivity index (χ2n) is 2.57. The van der Waals surface area contributed by atoms with Gasteiger partial charge in [0.15, 0.2) is 0 Å². The standard InChI is InChI=1S/C10H18N2/c1-4-8-12-10(2)7-5-6-9-11-3/h5-7,9,12H,4,8H2,1-3H3. The van der Waals surface area contributed by atoms with Gasteiger partial charge >= 0.3 is 0 Å². The van der Waals surface area contributed by atoms with Gasteiger partial charge in [-0.25, -0.2) is 0 Å². The van der Waals surface area contributed by atoms with Crippen LogP contribution in [0.25, 0.3) is 0 Å². The van der Waals surface area contributed by atoms with Crippen LogP contribution in [0.2, 0.25) is 0 Å². The molecule has 0 aliphatic heterocycles. The molecule has 2 nitrogen and oxygen atoms in total. The fraction of sp³-hybridized carbons (Fsp3) is 0.500. The van der Waals surface area contributed by atoms with Gasteiger partial charge in [-0.2, -0.15) is 0 Å². The van der Waals surface area contributed by atoms with Crippen LogP contribution < -0.4 is 5.32 Å². The number of aliphatic imine (C=N–C) groups is 1. The summed E-state index contributed by atoms with van der Waals surface area (Å²) in [6.45, 7) is 5.25. The Labute approximate surface area is 75.1 Å². The van der Waals surface area contributed by atoms with E-state index in [0.29, 0.717) is 0 Å². The van der Waals surface area contributed by atoms with Crippen molar-refractivity contribution in [1.82, 2.24) is 5.32 Å². The Kier molecular flexibility index (Phi) is 7.35. The minimum absolute atomic E-state index is 1.04. The molecule has 0 aromatic rings. The van der Waals surface area contributed by atoms with Gasteiger partial charge < -0.3 is 5.32 Å². The molecule has 0 aliphatic carbocycles. The minimum Gasteiger partial charge on any atom is -0.389 e. The van der Waals surface area contributed by atoms with Crippen LogP contribution in [0.1, 0.15) is 20.3 Å². The molecule has 0 saturated heterocycles. The van der Waals surface area contributed by atoms with Gasteiger partial charge in [0.25, 0.3) is 0 Å². The Balaban J connectivity index is 3.67. The van der Waals surface area contributed by atoms with Crippen molar-refractivity contribution in [2.75, 3.05) is 13.6 Å². The first-order valence-electron chi connectivity index (χ1n) is 4.30. The first-order valence-corrected chi connectivity index (χ1v) is 4.30. The molecule has 2 heteroatoms. The molecule has 0 saturated carbocycles. The van der Waals surface area contributed by atoms with Crippen LogP contribution in [0.3, 0.4) is 0 Å². The van der Waals surface area contributed by atoms with E-state index in [9.17, 15) is 0 Å². The molecule has 0 atom stereocenters. The largest absolute Gasteiger partial charge is 0.389 e. The third-order valence-corrected chi connectivity index (χ3v) is 1.35. The highest BCUT2D eigenvalue weighted by atomic mass is 14.9. The Bertz CT molecular complexity index is 178. The first kappa shape index (κ1) is 11.0. The highest BCUT2D eigenvalue weighted by Gasteiger charge is 1.81. The lowest BCUT2D eigenvalue weighted by Crippen LogP contribution is -2.10. The van der Waals surface area contributed by atoms with Crippen molar-refractivity contribution >= 4 is 6.21 Å². The lowest BCUT2D eigenvalue weighted by Gasteiger charge is -2.01. The highest BCUT2D eigenvalue weighted by Crippen LogP contribution is 1.87. The summed E-state index contributed by atoms with van der Waals surface area (Å²) < 4.78 is 0. The van der Waals surface area contributed by atoms with Crippen molar-refractivity contribution in [3.8, 4) is 0 Å². The summed E-state index contributed by atoms with van der Waals surface area (Å²) in [4.78, 5) is 3.83. The molecule has 0 rings (SSSR count). The van der Waals surface area contributed by atoms with E-state index in [-0.39, 0.29) is 0 Å². The zero-order valence-corrected chi connectivity index (χ0v) is 8.17. The van der Waals surface area contributed by atoms with Crippen molar-refractivity contribution in [1.29, 1.82) is 0 Å². The van der Waals surface area contributed by atoms with Crippen molar-refractivity contribution in [2.45, 2.75) is 20.3 Å². The minimum atomic E-state index is 1.04. The van der Waals surface area contributed by atoms with Gasteiger partial charge in [0.2, 0.25) is 0 Å². The van der Waals surface area contributed by atoms with Crippen molar-refractivity contribution in [3.05, 3.63) is 23.9 Å². The summed E-state index contributed by atoms with van der Waals surface area (Å²) in [5, 5.41) is 3.27. The van der Waals surface area contributed by atoms with Crippen LogP contribution in [0.5, 0.6) is 0 Å². The Morgan fingerprint density at radius 3 is 2.75 bits per heavy atom. The van der Waals surface area contributed by atoms with E-state index in [1.165, 1.54) is 5.70 Å². The van der Waals surface area contributed by atoms with E-state index in [2.05, 4.69) is 24.2 Å². The molecule has 0 heterocycles. The van der Waals surface area contributed by atoms with E-state index in [1.807, 2.05) is 18.2 Å². The molecule has 0 aliphatic rings. The molecule has 0 aromatic carbocycles. The summed E-state index contributed by atoms with van der Waals surface area (Å²) >= 11 is 0. The number of hydrogen-bond donors (Lipinski definition) is 1. The molecule has 0 amide bonds. The van der Waals surface area contributed by atoms with Gasteiger partial charge in [0.05, 0.1) is 0 Å². The molecule has 0 radical (unpaired) electrons. The molecular formula is C10H18N2. The molecule has 1 N–H and O–H groups in total. The number of hydrogen-bond acceptors (Lipinski definition) is 2. The summed E-state index contributed by atoms with van der Waals surface area (Å²) in [5.74, 6) is 0. The van der Waals surface area contributed by atoms with Gasteiger partial charge in [-0.3, -0.25) is 4.99 Å². The summed E-state index contributed by atoms with van der Waals surface area (Å²) in [7, 11) is 1.76. The fourth-order valence-corrected chi connectivity index (χ4v) is 0.717. The average molecular weight is 166 g/mol. The zero-order chi connectivity index (χ0) is 9.23.